The summed E-state index contributed by atoms with van der Waals surface area (Å²) < 4.78 is 18.0. The van der Waals surface area contributed by atoms with Gasteiger partial charge in [-0.1, -0.05) is 72.8 Å². The highest BCUT2D eigenvalue weighted by Crippen LogP contribution is 2.36. The number of carbonyl (C=O) groups excluding carboxylic acids is 1. The normalized spacial score (nSPS) is 11.5. The van der Waals surface area contributed by atoms with Crippen LogP contribution >= 0.6 is 0 Å². The molecule has 0 fully saturated rings. The first kappa shape index (κ1) is 23.9. The zero-order valence-electron chi connectivity index (χ0n) is 20.7. The van der Waals surface area contributed by atoms with Crippen LogP contribution in [0, 0.1) is 0 Å². The van der Waals surface area contributed by atoms with Crippen molar-refractivity contribution in [3.8, 4) is 11.5 Å². The largest absolute Gasteiger partial charge is 0.497 e. The molecule has 4 aromatic carbocycles. The average Bonchev–Trinajstić information content (AvgIpc) is 3.39. The number of allylic oxidation sites excluding steroid dienone is 1. The van der Waals surface area contributed by atoms with Crippen molar-refractivity contribution in [3.05, 3.63) is 132 Å². The van der Waals surface area contributed by atoms with Crippen LogP contribution in [-0.4, -0.2) is 13.0 Å². The Morgan fingerprint density at radius 1 is 0.838 bits per heavy atom. The number of carbonyl (C=O) groups is 1. The van der Waals surface area contributed by atoms with Gasteiger partial charge in [0.15, 0.2) is 11.3 Å². The molecule has 5 rings (SSSR count). The third-order valence-electron chi connectivity index (χ3n) is 6.05. The summed E-state index contributed by atoms with van der Waals surface area (Å²) >= 11 is 0. The van der Waals surface area contributed by atoms with E-state index in [1.807, 2.05) is 67.6 Å². The number of fused-ring (bicyclic) bond motifs is 1. The molecule has 0 aliphatic carbocycles. The van der Waals surface area contributed by atoms with Crippen LogP contribution in [0.15, 0.2) is 120 Å². The molecular formula is C32H27NO4. The van der Waals surface area contributed by atoms with Gasteiger partial charge in [-0.15, -0.1) is 0 Å². The quantitative estimate of drug-likeness (QED) is 0.227. The molecule has 0 saturated carbocycles. The summed E-state index contributed by atoms with van der Waals surface area (Å²) in [7, 11) is 1.60. The number of hydrogen-bond acceptors (Lipinski definition) is 4. The van der Waals surface area contributed by atoms with Crippen LogP contribution in [-0.2, 0) is 4.79 Å². The van der Waals surface area contributed by atoms with E-state index >= 15 is 0 Å². The van der Waals surface area contributed by atoms with E-state index < -0.39 is 0 Å². The first-order chi connectivity index (χ1) is 18.1. The van der Waals surface area contributed by atoms with Crippen LogP contribution in [0.1, 0.15) is 29.9 Å². The molecule has 0 aliphatic rings. The van der Waals surface area contributed by atoms with Crippen molar-refractivity contribution in [3.63, 3.8) is 0 Å². The van der Waals surface area contributed by atoms with E-state index in [9.17, 15) is 4.79 Å². The summed E-state index contributed by atoms with van der Waals surface area (Å²) in [4.78, 5) is 12.6. The van der Waals surface area contributed by atoms with Crippen LogP contribution in [0.4, 0.5) is 5.69 Å². The second-order valence-corrected chi connectivity index (χ2v) is 8.65. The summed E-state index contributed by atoms with van der Waals surface area (Å²) in [5.74, 6) is 1.73. The number of methoxy groups -OCH3 is 1. The van der Waals surface area contributed by atoms with Crippen molar-refractivity contribution in [2.45, 2.75) is 13.0 Å². The molecule has 0 aliphatic heterocycles. The summed E-state index contributed by atoms with van der Waals surface area (Å²) in [6, 6.07) is 35.2. The van der Waals surface area contributed by atoms with Gasteiger partial charge in [-0.25, -0.2) is 0 Å². The Bertz CT molecular complexity index is 1480. The van der Waals surface area contributed by atoms with Crippen molar-refractivity contribution in [1.29, 1.82) is 0 Å². The minimum atomic E-state index is -0.298. The fourth-order valence-electron chi connectivity index (χ4n) is 4.16. The van der Waals surface area contributed by atoms with E-state index in [0.717, 1.165) is 22.3 Å². The van der Waals surface area contributed by atoms with Crippen LogP contribution in [0.25, 0.3) is 16.5 Å². The molecule has 37 heavy (non-hydrogen) atoms. The van der Waals surface area contributed by atoms with Crippen molar-refractivity contribution < 1.29 is 18.7 Å². The Morgan fingerprint density at radius 2 is 1.49 bits per heavy atom. The summed E-state index contributed by atoms with van der Waals surface area (Å²) in [5, 5.41) is 3.76. The number of furan rings is 1. The van der Waals surface area contributed by atoms with Gasteiger partial charge in [0.25, 0.3) is 0 Å². The van der Waals surface area contributed by atoms with Gasteiger partial charge in [0.2, 0.25) is 5.91 Å². The molecule has 5 heteroatoms. The molecule has 1 N–H and O–H groups in total. The predicted molar refractivity (Wildman–Crippen MR) is 147 cm³/mol. The standard InChI is InChI=1S/C32H27NO4/c1-22(20-30(34)33-26-16-18-27(35-2)19-17-26)29-21-25-14-9-15-28(32(25)37-29)36-31(23-10-5-3-6-11-23)24-12-7-4-8-13-24/h3-21,31H,1-2H3,(H,33,34). The maximum absolute atomic E-state index is 12.6. The van der Waals surface area contributed by atoms with Crippen molar-refractivity contribution in [2.24, 2.45) is 0 Å². The Labute approximate surface area is 216 Å². The predicted octanol–water partition coefficient (Wildman–Crippen LogP) is 7.65. The van der Waals surface area contributed by atoms with Gasteiger partial charge in [0.1, 0.15) is 17.6 Å². The van der Waals surface area contributed by atoms with E-state index in [-0.39, 0.29) is 12.0 Å². The molecule has 5 nitrogen and oxygen atoms in total. The van der Waals surface area contributed by atoms with E-state index in [2.05, 4.69) is 29.6 Å². The van der Waals surface area contributed by atoms with Gasteiger partial charge in [-0.05, 0) is 60.0 Å². The molecule has 5 aromatic rings. The van der Waals surface area contributed by atoms with Crippen molar-refractivity contribution >= 4 is 28.1 Å². The van der Waals surface area contributed by atoms with Crippen LogP contribution in [0.2, 0.25) is 0 Å². The van der Waals surface area contributed by atoms with Gasteiger partial charge < -0.3 is 19.2 Å². The molecule has 184 valence electrons. The number of para-hydroxylation sites is 1. The monoisotopic (exact) mass is 489 g/mol. The van der Waals surface area contributed by atoms with Crippen LogP contribution in [0.5, 0.6) is 11.5 Å². The van der Waals surface area contributed by atoms with E-state index in [4.69, 9.17) is 13.9 Å². The lowest BCUT2D eigenvalue weighted by Gasteiger charge is -2.20. The minimum Gasteiger partial charge on any atom is -0.497 e. The highest BCUT2D eigenvalue weighted by atomic mass is 16.5. The Hall–Kier alpha value is -4.77. The van der Waals surface area contributed by atoms with Gasteiger partial charge in [-0.3, -0.25) is 4.79 Å². The van der Waals surface area contributed by atoms with Crippen LogP contribution in [0.3, 0.4) is 0 Å². The Balaban J connectivity index is 1.41. The first-order valence-corrected chi connectivity index (χ1v) is 12.0. The van der Waals surface area contributed by atoms with Gasteiger partial charge >= 0.3 is 0 Å². The summed E-state index contributed by atoms with van der Waals surface area (Å²) in [5.41, 5.74) is 4.11. The molecule has 1 aromatic heterocycles. The number of ether oxygens (including phenoxy) is 2. The number of benzene rings is 4. The Morgan fingerprint density at radius 3 is 2.11 bits per heavy atom. The average molecular weight is 490 g/mol. The van der Waals surface area contributed by atoms with Gasteiger partial charge in [-0.2, -0.15) is 0 Å². The lowest BCUT2D eigenvalue weighted by Crippen LogP contribution is -2.09. The molecule has 0 unspecified atom stereocenters. The summed E-state index contributed by atoms with van der Waals surface area (Å²) in [6.45, 7) is 1.85. The van der Waals surface area contributed by atoms with E-state index in [0.29, 0.717) is 28.4 Å². The van der Waals surface area contributed by atoms with Gasteiger partial charge in [0, 0.05) is 17.1 Å². The number of hydrogen-bond donors (Lipinski definition) is 1. The van der Waals surface area contributed by atoms with E-state index in [1.165, 1.54) is 6.08 Å². The lowest BCUT2D eigenvalue weighted by atomic mass is 10.0. The molecule has 0 radical (unpaired) electrons. The molecular weight excluding hydrogens is 462 g/mol. The molecule has 1 amide bonds. The highest BCUT2D eigenvalue weighted by molar-refractivity contribution is 6.04. The SMILES string of the molecule is COc1ccc(NC(=O)C=C(C)c2cc3cccc(OC(c4ccccc4)c4ccccc4)c3o2)cc1. The molecule has 0 bridgehead atoms. The number of rotatable bonds is 8. The summed E-state index contributed by atoms with van der Waals surface area (Å²) in [6.07, 6.45) is 1.23. The second kappa shape index (κ2) is 10.9. The zero-order chi connectivity index (χ0) is 25.6. The number of anilines is 1. The number of nitrogens with one attached hydrogen (secondary N) is 1. The van der Waals surface area contributed by atoms with E-state index in [1.54, 1.807) is 31.4 Å². The van der Waals surface area contributed by atoms with Crippen molar-refractivity contribution in [2.75, 3.05) is 12.4 Å². The fraction of sp³-hybridized carbons (Fsp3) is 0.0938. The van der Waals surface area contributed by atoms with Crippen LogP contribution < -0.4 is 14.8 Å². The Kier molecular flexibility index (Phi) is 7.04. The third-order valence-corrected chi connectivity index (χ3v) is 6.05. The second-order valence-electron chi connectivity index (χ2n) is 8.65. The zero-order valence-corrected chi connectivity index (χ0v) is 20.7. The maximum atomic E-state index is 12.6. The minimum absolute atomic E-state index is 0.243. The third kappa shape index (κ3) is 5.57. The molecule has 1 heterocycles. The van der Waals surface area contributed by atoms with Gasteiger partial charge in [0.05, 0.1) is 7.11 Å². The smallest absolute Gasteiger partial charge is 0.248 e. The fourth-order valence-corrected chi connectivity index (χ4v) is 4.16. The molecule has 0 saturated heterocycles. The lowest BCUT2D eigenvalue weighted by molar-refractivity contribution is -0.111. The van der Waals surface area contributed by atoms with Crippen molar-refractivity contribution in [1.82, 2.24) is 0 Å². The maximum Gasteiger partial charge on any atom is 0.248 e. The first-order valence-electron chi connectivity index (χ1n) is 12.0. The molecule has 0 spiro atoms. The number of amides is 1. The molecule has 0 atom stereocenters. The topological polar surface area (TPSA) is 60.7 Å². The highest BCUT2D eigenvalue weighted by Gasteiger charge is 2.19.